The molecular weight excluding hydrogens is 289 g/mol. The molecule has 0 unspecified atom stereocenters. The van der Waals surface area contributed by atoms with Gasteiger partial charge >= 0.3 is 6.18 Å². The summed E-state index contributed by atoms with van der Waals surface area (Å²) >= 11 is 0. The standard InChI is InChI=1S/C11H15F3N6O/c1-2-4-20-9(15-17-18-20)7-19-6-8(3-5-21)10(16-19)11(12,13)14/h6,21H,2-5,7H2,1H3. The van der Waals surface area contributed by atoms with Crippen LogP contribution < -0.4 is 0 Å². The highest BCUT2D eigenvalue weighted by molar-refractivity contribution is 5.20. The lowest BCUT2D eigenvalue weighted by molar-refractivity contribution is -0.142. The number of rotatable bonds is 6. The normalized spacial score (nSPS) is 12.0. The Bertz CT molecular complexity index is 591. The van der Waals surface area contributed by atoms with E-state index in [9.17, 15) is 13.2 Å². The van der Waals surface area contributed by atoms with Gasteiger partial charge in [0, 0.05) is 24.9 Å². The lowest BCUT2D eigenvalue weighted by atomic mass is 10.2. The fourth-order valence-electron chi connectivity index (χ4n) is 1.95. The number of aliphatic hydroxyl groups is 1. The van der Waals surface area contributed by atoms with E-state index in [0.717, 1.165) is 11.1 Å². The Morgan fingerprint density at radius 2 is 2.10 bits per heavy atom. The van der Waals surface area contributed by atoms with Gasteiger partial charge in [-0.1, -0.05) is 6.92 Å². The summed E-state index contributed by atoms with van der Waals surface area (Å²) in [4.78, 5) is 0. The minimum Gasteiger partial charge on any atom is -0.396 e. The first-order chi connectivity index (χ1) is 9.95. The number of tetrazole rings is 1. The summed E-state index contributed by atoms with van der Waals surface area (Å²) < 4.78 is 41.3. The summed E-state index contributed by atoms with van der Waals surface area (Å²) in [5, 5.41) is 23.5. The van der Waals surface area contributed by atoms with Crippen LogP contribution in [0, 0.1) is 0 Å². The van der Waals surface area contributed by atoms with Gasteiger partial charge in [-0.3, -0.25) is 4.68 Å². The number of aromatic nitrogens is 6. The Kier molecular flexibility index (Phi) is 4.56. The summed E-state index contributed by atoms with van der Waals surface area (Å²) in [6.07, 6.45) is -2.58. The maximum absolute atomic E-state index is 12.9. The van der Waals surface area contributed by atoms with Gasteiger partial charge in [-0.2, -0.15) is 18.3 Å². The van der Waals surface area contributed by atoms with Gasteiger partial charge < -0.3 is 5.11 Å². The van der Waals surface area contributed by atoms with Crippen LogP contribution in [0.2, 0.25) is 0 Å². The average Bonchev–Trinajstić information content (AvgIpc) is 2.98. The van der Waals surface area contributed by atoms with E-state index in [-0.39, 0.29) is 25.1 Å². The van der Waals surface area contributed by atoms with Gasteiger partial charge in [-0.05, 0) is 23.3 Å². The van der Waals surface area contributed by atoms with Gasteiger partial charge in [-0.15, -0.1) is 5.10 Å². The molecule has 0 aliphatic rings. The van der Waals surface area contributed by atoms with Gasteiger partial charge in [0.05, 0.1) is 0 Å². The van der Waals surface area contributed by atoms with Crippen molar-refractivity contribution in [3.05, 3.63) is 23.3 Å². The molecule has 0 aromatic carbocycles. The summed E-state index contributed by atoms with van der Waals surface area (Å²) in [6, 6.07) is 0. The van der Waals surface area contributed by atoms with E-state index in [0.29, 0.717) is 12.4 Å². The number of alkyl halides is 3. The number of halogens is 3. The molecule has 0 amide bonds. The molecule has 0 spiro atoms. The molecule has 7 nitrogen and oxygen atoms in total. The molecule has 0 atom stereocenters. The minimum absolute atomic E-state index is 0.0421. The van der Waals surface area contributed by atoms with Crippen molar-refractivity contribution in [1.82, 2.24) is 30.0 Å². The van der Waals surface area contributed by atoms with Crippen molar-refractivity contribution in [3.8, 4) is 0 Å². The fraction of sp³-hybridized carbons (Fsp3) is 0.636. The quantitative estimate of drug-likeness (QED) is 0.857. The van der Waals surface area contributed by atoms with Crippen LogP contribution >= 0.6 is 0 Å². The molecule has 0 bridgehead atoms. The summed E-state index contributed by atoms with van der Waals surface area (Å²) in [6.45, 7) is 2.20. The Labute approximate surface area is 118 Å². The Balaban J connectivity index is 2.26. The van der Waals surface area contributed by atoms with Crippen LogP contribution in [-0.4, -0.2) is 41.7 Å². The van der Waals surface area contributed by atoms with E-state index in [2.05, 4.69) is 20.6 Å². The molecule has 21 heavy (non-hydrogen) atoms. The zero-order valence-electron chi connectivity index (χ0n) is 11.4. The third-order valence-corrected chi connectivity index (χ3v) is 2.83. The fourth-order valence-corrected chi connectivity index (χ4v) is 1.95. The van der Waals surface area contributed by atoms with Crippen molar-refractivity contribution >= 4 is 0 Å². The van der Waals surface area contributed by atoms with Gasteiger partial charge in [-0.25, -0.2) is 4.68 Å². The Morgan fingerprint density at radius 3 is 2.71 bits per heavy atom. The molecule has 2 heterocycles. The van der Waals surface area contributed by atoms with E-state index in [1.807, 2.05) is 6.92 Å². The Morgan fingerprint density at radius 1 is 1.33 bits per heavy atom. The molecular formula is C11H15F3N6O. The highest BCUT2D eigenvalue weighted by Gasteiger charge is 2.36. The zero-order valence-corrected chi connectivity index (χ0v) is 11.4. The molecule has 2 aromatic rings. The van der Waals surface area contributed by atoms with E-state index in [1.54, 1.807) is 0 Å². The number of nitrogens with zero attached hydrogens (tertiary/aromatic N) is 6. The van der Waals surface area contributed by atoms with Crippen molar-refractivity contribution in [2.45, 2.75) is 39.0 Å². The third-order valence-electron chi connectivity index (χ3n) is 2.83. The largest absolute Gasteiger partial charge is 0.435 e. The van der Waals surface area contributed by atoms with Crippen molar-refractivity contribution < 1.29 is 18.3 Å². The van der Waals surface area contributed by atoms with Gasteiger partial charge in [0.25, 0.3) is 0 Å². The highest BCUT2D eigenvalue weighted by atomic mass is 19.4. The molecule has 2 aromatic heterocycles. The summed E-state index contributed by atoms with van der Waals surface area (Å²) in [5.74, 6) is 0.434. The predicted molar refractivity (Wildman–Crippen MR) is 65.2 cm³/mol. The maximum Gasteiger partial charge on any atom is 0.435 e. The van der Waals surface area contributed by atoms with Gasteiger partial charge in [0.2, 0.25) is 0 Å². The van der Waals surface area contributed by atoms with Crippen molar-refractivity contribution in [2.75, 3.05) is 6.61 Å². The first-order valence-electron chi connectivity index (χ1n) is 6.45. The number of hydrogen-bond donors (Lipinski definition) is 1. The molecule has 0 saturated heterocycles. The van der Waals surface area contributed by atoms with E-state index < -0.39 is 11.9 Å². The monoisotopic (exact) mass is 304 g/mol. The maximum atomic E-state index is 12.9. The Hall–Kier alpha value is -1.97. The van der Waals surface area contributed by atoms with Gasteiger partial charge in [0.1, 0.15) is 6.54 Å². The second-order valence-corrected chi connectivity index (χ2v) is 4.49. The number of hydrogen-bond acceptors (Lipinski definition) is 5. The van der Waals surface area contributed by atoms with Crippen LogP contribution in [-0.2, 0) is 25.7 Å². The molecule has 1 N–H and O–H groups in total. The van der Waals surface area contributed by atoms with Crippen LogP contribution in [0.5, 0.6) is 0 Å². The molecule has 0 aliphatic carbocycles. The molecule has 0 fully saturated rings. The van der Waals surface area contributed by atoms with Crippen LogP contribution in [0.3, 0.4) is 0 Å². The minimum atomic E-state index is -4.55. The first-order valence-corrected chi connectivity index (χ1v) is 6.45. The highest BCUT2D eigenvalue weighted by Crippen LogP contribution is 2.30. The summed E-state index contributed by atoms with van der Waals surface area (Å²) in [5.41, 5.74) is -1.02. The van der Waals surface area contributed by atoms with Crippen molar-refractivity contribution in [2.24, 2.45) is 0 Å². The molecule has 2 rings (SSSR count). The van der Waals surface area contributed by atoms with Crippen LogP contribution in [0.4, 0.5) is 13.2 Å². The average molecular weight is 304 g/mol. The van der Waals surface area contributed by atoms with E-state index in [1.165, 1.54) is 10.9 Å². The van der Waals surface area contributed by atoms with Gasteiger partial charge in [0.15, 0.2) is 11.5 Å². The zero-order chi connectivity index (χ0) is 15.5. The van der Waals surface area contributed by atoms with Crippen molar-refractivity contribution in [1.29, 1.82) is 0 Å². The lowest BCUT2D eigenvalue weighted by Gasteiger charge is -2.04. The molecule has 10 heteroatoms. The molecule has 0 aliphatic heterocycles. The number of aryl methyl sites for hydroxylation is 1. The topological polar surface area (TPSA) is 81.7 Å². The van der Waals surface area contributed by atoms with E-state index >= 15 is 0 Å². The van der Waals surface area contributed by atoms with Crippen LogP contribution in [0.15, 0.2) is 6.20 Å². The predicted octanol–water partition coefficient (Wildman–Crippen LogP) is 0.881. The second kappa shape index (κ2) is 6.20. The first kappa shape index (κ1) is 15.4. The molecule has 0 radical (unpaired) electrons. The lowest BCUT2D eigenvalue weighted by Crippen LogP contribution is -2.13. The van der Waals surface area contributed by atoms with Crippen molar-refractivity contribution in [3.63, 3.8) is 0 Å². The third kappa shape index (κ3) is 3.57. The SMILES string of the molecule is CCCn1nnnc1Cn1cc(CCO)c(C(F)(F)F)n1. The second-order valence-electron chi connectivity index (χ2n) is 4.49. The van der Waals surface area contributed by atoms with Crippen LogP contribution in [0.25, 0.3) is 0 Å². The van der Waals surface area contributed by atoms with Crippen LogP contribution in [0.1, 0.15) is 30.4 Å². The molecule has 116 valence electrons. The van der Waals surface area contributed by atoms with E-state index in [4.69, 9.17) is 5.11 Å². The number of aliphatic hydroxyl groups excluding tert-OH is 1. The summed E-state index contributed by atoms with van der Waals surface area (Å²) in [7, 11) is 0. The smallest absolute Gasteiger partial charge is 0.396 e. The molecule has 0 saturated carbocycles.